The minimum absolute atomic E-state index is 0.604. The molecular formula is C8H11NO. The van der Waals surface area contributed by atoms with Gasteiger partial charge < -0.3 is 10.1 Å². The molecule has 54 valence electrons. The molecule has 2 heteroatoms. The van der Waals surface area contributed by atoms with E-state index in [4.69, 9.17) is 4.74 Å². The maximum atomic E-state index is 5.42. The largest absolute Gasteiger partial charge is 0.493 e. The Bertz CT molecular complexity index is 205. The lowest BCUT2D eigenvalue weighted by atomic mass is 10.0. The number of allylic oxidation sites excluding steroid dienone is 1. The van der Waals surface area contributed by atoms with Gasteiger partial charge in [0.25, 0.3) is 0 Å². The molecule has 0 aromatic carbocycles. The molecular weight excluding hydrogens is 126 g/mol. The second-order valence-electron chi connectivity index (χ2n) is 2.82. The van der Waals surface area contributed by atoms with Crippen LogP contribution in [-0.4, -0.2) is 13.2 Å². The Morgan fingerprint density at radius 1 is 1.70 bits per heavy atom. The fourth-order valence-electron chi connectivity index (χ4n) is 1.37. The van der Waals surface area contributed by atoms with Crippen LogP contribution in [0, 0.1) is 5.92 Å². The SMILES string of the molecule is C[C@H]1COC2=C1CNC=C2. The normalized spacial score (nSPS) is 29.5. The molecule has 0 aliphatic carbocycles. The van der Waals surface area contributed by atoms with Crippen molar-refractivity contribution in [2.45, 2.75) is 6.92 Å². The summed E-state index contributed by atoms with van der Waals surface area (Å²) in [7, 11) is 0. The molecule has 0 aromatic rings. The van der Waals surface area contributed by atoms with E-state index < -0.39 is 0 Å². The lowest BCUT2D eigenvalue weighted by Gasteiger charge is -2.10. The fraction of sp³-hybridized carbons (Fsp3) is 0.500. The summed E-state index contributed by atoms with van der Waals surface area (Å²) in [6.45, 7) is 4.02. The van der Waals surface area contributed by atoms with E-state index in [1.54, 1.807) is 0 Å². The Labute approximate surface area is 60.6 Å². The summed E-state index contributed by atoms with van der Waals surface area (Å²) in [6, 6.07) is 0. The van der Waals surface area contributed by atoms with Crippen LogP contribution >= 0.6 is 0 Å². The number of hydrogen-bond acceptors (Lipinski definition) is 2. The van der Waals surface area contributed by atoms with Crippen LogP contribution in [0.1, 0.15) is 6.92 Å². The van der Waals surface area contributed by atoms with Crippen molar-refractivity contribution in [2.24, 2.45) is 5.92 Å². The molecule has 0 spiro atoms. The molecule has 0 unspecified atom stereocenters. The van der Waals surface area contributed by atoms with Crippen molar-refractivity contribution in [2.75, 3.05) is 13.2 Å². The quantitative estimate of drug-likeness (QED) is 0.538. The Balaban J connectivity index is 2.29. The van der Waals surface area contributed by atoms with Gasteiger partial charge in [0.1, 0.15) is 5.76 Å². The van der Waals surface area contributed by atoms with E-state index in [0.717, 1.165) is 18.9 Å². The summed E-state index contributed by atoms with van der Waals surface area (Å²) < 4.78 is 5.42. The standard InChI is InChI=1S/C8H11NO/c1-6-5-10-8-2-3-9-4-7(6)8/h2-3,6,9H,4-5H2,1H3/t6-/m0/s1. The second kappa shape index (κ2) is 2.04. The van der Waals surface area contributed by atoms with Gasteiger partial charge >= 0.3 is 0 Å². The average molecular weight is 137 g/mol. The van der Waals surface area contributed by atoms with Crippen LogP contribution in [0.4, 0.5) is 0 Å². The van der Waals surface area contributed by atoms with Crippen LogP contribution in [-0.2, 0) is 4.74 Å². The Morgan fingerprint density at radius 2 is 2.60 bits per heavy atom. The van der Waals surface area contributed by atoms with Gasteiger partial charge in [0.05, 0.1) is 6.61 Å². The maximum Gasteiger partial charge on any atom is 0.122 e. The molecule has 2 rings (SSSR count). The summed E-state index contributed by atoms with van der Waals surface area (Å²) in [6.07, 6.45) is 3.94. The zero-order valence-electron chi connectivity index (χ0n) is 6.05. The highest BCUT2D eigenvalue weighted by atomic mass is 16.5. The predicted molar refractivity (Wildman–Crippen MR) is 39.3 cm³/mol. The summed E-state index contributed by atoms with van der Waals surface area (Å²) >= 11 is 0. The minimum Gasteiger partial charge on any atom is -0.493 e. The summed E-state index contributed by atoms with van der Waals surface area (Å²) in [4.78, 5) is 0. The van der Waals surface area contributed by atoms with Crippen LogP contribution in [0.25, 0.3) is 0 Å². The van der Waals surface area contributed by atoms with Gasteiger partial charge in [-0.1, -0.05) is 6.92 Å². The molecule has 0 saturated carbocycles. The average Bonchev–Trinajstić information content (AvgIpc) is 2.34. The van der Waals surface area contributed by atoms with Crippen molar-refractivity contribution in [3.05, 3.63) is 23.6 Å². The number of ether oxygens (including phenoxy) is 1. The van der Waals surface area contributed by atoms with Crippen LogP contribution in [0.15, 0.2) is 23.6 Å². The van der Waals surface area contributed by atoms with Crippen molar-refractivity contribution in [3.8, 4) is 0 Å². The molecule has 0 fully saturated rings. The molecule has 0 amide bonds. The lowest BCUT2D eigenvalue weighted by Crippen LogP contribution is -2.16. The van der Waals surface area contributed by atoms with Crippen LogP contribution < -0.4 is 5.32 Å². The highest BCUT2D eigenvalue weighted by Crippen LogP contribution is 2.26. The Kier molecular flexibility index (Phi) is 1.19. The first kappa shape index (κ1) is 5.83. The summed E-state index contributed by atoms with van der Waals surface area (Å²) in [5, 5.41) is 3.17. The Hall–Kier alpha value is -0.920. The summed E-state index contributed by atoms with van der Waals surface area (Å²) in [5.41, 5.74) is 1.42. The van der Waals surface area contributed by atoms with E-state index in [9.17, 15) is 0 Å². The third kappa shape index (κ3) is 0.719. The van der Waals surface area contributed by atoms with E-state index in [1.165, 1.54) is 5.57 Å². The molecule has 1 N–H and O–H groups in total. The number of rotatable bonds is 0. The van der Waals surface area contributed by atoms with E-state index in [1.807, 2.05) is 12.3 Å². The van der Waals surface area contributed by atoms with Crippen molar-refractivity contribution in [3.63, 3.8) is 0 Å². The van der Waals surface area contributed by atoms with Crippen LogP contribution in [0.3, 0.4) is 0 Å². The first-order chi connectivity index (χ1) is 4.88. The highest BCUT2D eigenvalue weighted by Gasteiger charge is 2.22. The van der Waals surface area contributed by atoms with Gasteiger partial charge in [0.15, 0.2) is 0 Å². The predicted octanol–water partition coefficient (Wildman–Crippen LogP) is 1.02. The number of hydrogen-bond donors (Lipinski definition) is 1. The number of dihydropyridines is 1. The molecule has 0 aromatic heterocycles. The topological polar surface area (TPSA) is 21.3 Å². The molecule has 0 radical (unpaired) electrons. The summed E-state index contributed by atoms with van der Waals surface area (Å²) in [5.74, 6) is 1.69. The van der Waals surface area contributed by atoms with E-state index >= 15 is 0 Å². The molecule has 2 heterocycles. The first-order valence-corrected chi connectivity index (χ1v) is 3.63. The monoisotopic (exact) mass is 137 g/mol. The lowest BCUT2D eigenvalue weighted by molar-refractivity contribution is 0.234. The van der Waals surface area contributed by atoms with Crippen molar-refractivity contribution in [1.29, 1.82) is 0 Å². The van der Waals surface area contributed by atoms with Gasteiger partial charge in [0, 0.05) is 18.7 Å². The molecule has 2 aliphatic rings. The van der Waals surface area contributed by atoms with Gasteiger partial charge in [-0.25, -0.2) is 0 Å². The van der Waals surface area contributed by atoms with Gasteiger partial charge in [-0.15, -0.1) is 0 Å². The molecule has 0 bridgehead atoms. The van der Waals surface area contributed by atoms with E-state index in [-0.39, 0.29) is 0 Å². The second-order valence-corrected chi connectivity index (χ2v) is 2.82. The van der Waals surface area contributed by atoms with Crippen molar-refractivity contribution >= 4 is 0 Å². The minimum atomic E-state index is 0.604. The van der Waals surface area contributed by atoms with Gasteiger partial charge in [0.2, 0.25) is 0 Å². The molecule has 2 aliphatic heterocycles. The van der Waals surface area contributed by atoms with Gasteiger partial charge in [-0.2, -0.15) is 0 Å². The van der Waals surface area contributed by atoms with Gasteiger partial charge in [-0.3, -0.25) is 0 Å². The molecule has 0 saturated heterocycles. The van der Waals surface area contributed by atoms with E-state index in [2.05, 4.69) is 12.2 Å². The van der Waals surface area contributed by atoms with E-state index in [0.29, 0.717) is 5.92 Å². The fourth-order valence-corrected chi connectivity index (χ4v) is 1.37. The first-order valence-electron chi connectivity index (χ1n) is 3.63. The maximum absolute atomic E-state index is 5.42. The molecule has 10 heavy (non-hydrogen) atoms. The third-order valence-electron chi connectivity index (χ3n) is 2.05. The van der Waals surface area contributed by atoms with Gasteiger partial charge in [-0.05, 0) is 11.6 Å². The van der Waals surface area contributed by atoms with Crippen LogP contribution in [0.2, 0.25) is 0 Å². The molecule has 2 nitrogen and oxygen atoms in total. The molecule has 1 atom stereocenters. The zero-order chi connectivity index (χ0) is 6.97. The third-order valence-corrected chi connectivity index (χ3v) is 2.05. The Morgan fingerprint density at radius 3 is 3.40 bits per heavy atom. The van der Waals surface area contributed by atoms with Crippen LogP contribution in [0.5, 0.6) is 0 Å². The smallest absolute Gasteiger partial charge is 0.122 e. The highest BCUT2D eigenvalue weighted by molar-refractivity contribution is 5.29. The number of nitrogens with one attached hydrogen (secondary N) is 1. The van der Waals surface area contributed by atoms with Crippen molar-refractivity contribution in [1.82, 2.24) is 5.32 Å². The zero-order valence-corrected chi connectivity index (χ0v) is 6.05. The van der Waals surface area contributed by atoms with Crippen molar-refractivity contribution < 1.29 is 4.74 Å².